The largest absolute Gasteiger partial charge is 0.464 e. The number of Topliss-reactive ketones (excluding diaryl/α,β-unsaturated/α-hetero) is 2. The number of hydrogen-bond donors (Lipinski definition) is 0. The molecule has 0 radical (unpaired) electrons. The van der Waals surface area contributed by atoms with Crippen LogP contribution < -0.4 is 0 Å². The lowest BCUT2D eigenvalue weighted by Gasteiger charge is -2.50. The maximum Gasteiger partial charge on any atom is 0.328 e. The van der Waals surface area contributed by atoms with E-state index in [1.165, 1.54) is 4.90 Å². The van der Waals surface area contributed by atoms with Gasteiger partial charge in [0.1, 0.15) is 17.9 Å². The van der Waals surface area contributed by atoms with Gasteiger partial charge >= 0.3 is 5.97 Å². The quantitative estimate of drug-likeness (QED) is 0.252. The summed E-state index contributed by atoms with van der Waals surface area (Å²) in [7, 11) is 3.24. The Kier molecular flexibility index (Phi) is 12.7. The minimum absolute atomic E-state index is 0.0127. The number of carbonyl (C=O) groups is 4. The Morgan fingerprint density at radius 2 is 1.67 bits per heavy atom. The third-order valence-electron chi connectivity index (χ3n) is 9.55. The van der Waals surface area contributed by atoms with Crippen LogP contribution in [0.3, 0.4) is 0 Å². The molecule has 3 rings (SSSR count). The minimum atomic E-state index is -1.59. The molecule has 0 saturated carbocycles. The highest BCUT2D eigenvalue weighted by Crippen LogP contribution is 2.43. The van der Waals surface area contributed by atoms with Gasteiger partial charge in [-0.1, -0.05) is 39.0 Å². The number of carbonyl (C=O) groups excluding carboxylic acids is 4. The molecule has 0 spiro atoms. The van der Waals surface area contributed by atoms with Crippen molar-refractivity contribution in [1.82, 2.24) is 4.90 Å². The second-order valence-corrected chi connectivity index (χ2v) is 13.2. The molecule has 3 heterocycles. The summed E-state index contributed by atoms with van der Waals surface area (Å²) in [6, 6.07) is -0.850. The first-order chi connectivity index (χ1) is 20.3. The van der Waals surface area contributed by atoms with E-state index in [0.717, 1.165) is 18.4 Å². The second-order valence-electron chi connectivity index (χ2n) is 13.2. The summed E-state index contributed by atoms with van der Waals surface area (Å²) < 4.78 is 24.2. The zero-order valence-corrected chi connectivity index (χ0v) is 27.3. The van der Waals surface area contributed by atoms with Crippen LogP contribution in [0.15, 0.2) is 23.8 Å². The van der Waals surface area contributed by atoms with E-state index >= 15 is 0 Å². The average molecular weight is 604 g/mol. The van der Waals surface area contributed by atoms with Gasteiger partial charge in [-0.3, -0.25) is 14.4 Å². The molecule has 8 unspecified atom stereocenters. The molecule has 43 heavy (non-hydrogen) atoms. The highest BCUT2D eigenvalue weighted by Gasteiger charge is 2.57. The topological polar surface area (TPSA) is 108 Å². The summed E-state index contributed by atoms with van der Waals surface area (Å²) in [5.41, 5.74) is -0.0297. The van der Waals surface area contributed by atoms with E-state index in [2.05, 4.69) is 13.5 Å². The van der Waals surface area contributed by atoms with Crippen molar-refractivity contribution in [2.24, 2.45) is 17.8 Å². The number of hydrogen-bond acceptors (Lipinski definition) is 8. The molecule has 0 aromatic carbocycles. The number of ether oxygens (including phenoxy) is 4. The van der Waals surface area contributed by atoms with Crippen molar-refractivity contribution in [3.8, 4) is 0 Å². The number of cyclic esters (lactones) is 1. The first-order valence-electron chi connectivity index (χ1n) is 15.9. The van der Waals surface area contributed by atoms with E-state index in [9.17, 15) is 19.2 Å². The van der Waals surface area contributed by atoms with Crippen LogP contribution in [-0.2, 0) is 38.1 Å². The van der Waals surface area contributed by atoms with Crippen LogP contribution in [0.25, 0.3) is 0 Å². The van der Waals surface area contributed by atoms with E-state index < -0.39 is 47.4 Å². The molecule has 0 aromatic heterocycles. The summed E-state index contributed by atoms with van der Waals surface area (Å²) in [4.78, 5) is 55.6. The third kappa shape index (κ3) is 8.22. The predicted molar refractivity (Wildman–Crippen MR) is 163 cm³/mol. The van der Waals surface area contributed by atoms with E-state index in [0.29, 0.717) is 50.5 Å². The summed E-state index contributed by atoms with van der Waals surface area (Å²) in [6.45, 7) is 14.3. The fourth-order valence-electron chi connectivity index (χ4n) is 6.98. The number of fused-ring (bicyclic) bond motifs is 3. The van der Waals surface area contributed by atoms with E-state index in [-0.39, 0.29) is 36.9 Å². The molecule has 8 atom stereocenters. The lowest BCUT2D eigenvalue weighted by Crippen LogP contribution is -2.64. The van der Waals surface area contributed by atoms with Crippen molar-refractivity contribution in [2.45, 2.75) is 122 Å². The van der Waals surface area contributed by atoms with Crippen LogP contribution in [0.1, 0.15) is 92.4 Å². The van der Waals surface area contributed by atoms with Crippen molar-refractivity contribution in [1.29, 1.82) is 0 Å². The van der Waals surface area contributed by atoms with Crippen molar-refractivity contribution in [2.75, 3.05) is 27.4 Å². The number of amides is 1. The van der Waals surface area contributed by atoms with Crippen LogP contribution in [-0.4, -0.2) is 85.7 Å². The molecule has 2 fully saturated rings. The number of allylic oxidation sites excluding steroid dienone is 2. The second kappa shape index (κ2) is 15.6. The first kappa shape index (κ1) is 35.1. The van der Waals surface area contributed by atoms with Gasteiger partial charge in [0.05, 0.1) is 18.8 Å². The summed E-state index contributed by atoms with van der Waals surface area (Å²) in [6.07, 6.45) is 5.69. The molecular formula is C34H53NO8. The SMILES string of the molecule is C=C(C)C12OC(C(OC)CC(C)CC(C)=CCC(=O)CCC(C)COC(=O)C3CCCCN3C(=O)C1=O)C(OC)CC2C. The van der Waals surface area contributed by atoms with Crippen molar-refractivity contribution in [3.05, 3.63) is 23.8 Å². The number of nitrogens with zero attached hydrogens (tertiary/aromatic N) is 1. The first-order valence-corrected chi connectivity index (χ1v) is 15.9. The molecule has 2 bridgehead atoms. The van der Waals surface area contributed by atoms with Crippen molar-refractivity contribution in [3.63, 3.8) is 0 Å². The van der Waals surface area contributed by atoms with Crippen LogP contribution in [0.4, 0.5) is 0 Å². The Morgan fingerprint density at radius 3 is 2.33 bits per heavy atom. The maximum absolute atomic E-state index is 14.3. The molecule has 9 heteroatoms. The van der Waals surface area contributed by atoms with Crippen LogP contribution in [0.2, 0.25) is 0 Å². The number of methoxy groups -OCH3 is 2. The monoisotopic (exact) mass is 603 g/mol. The number of rotatable bonds is 3. The Labute approximate surface area is 257 Å². The molecule has 9 nitrogen and oxygen atoms in total. The van der Waals surface area contributed by atoms with Crippen molar-refractivity contribution < 1.29 is 38.1 Å². The summed E-state index contributed by atoms with van der Waals surface area (Å²) in [5.74, 6) is -2.06. The number of piperidine rings is 1. The smallest absolute Gasteiger partial charge is 0.328 e. The van der Waals surface area contributed by atoms with E-state index in [4.69, 9.17) is 18.9 Å². The van der Waals surface area contributed by atoms with Gasteiger partial charge in [0.2, 0.25) is 0 Å². The number of esters is 1. The van der Waals surface area contributed by atoms with Gasteiger partial charge in [-0.2, -0.15) is 0 Å². The van der Waals surface area contributed by atoms with Gasteiger partial charge < -0.3 is 23.8 Å². The molecule has 3 aliphatic heterocycles. The lowest BCUT2D eigenvalue weighted by atomic mass is 9.72. The Bertz CT molecular complexity index is 1070. The number of ketones is 2. The molecule has 1 amide bonds. The standard InChI is InChI=1S/C34H53NO8/c1-21(2)34-25(6)19-29(41-8)30(43-34)28(40-7)18-24(5)17-22(3)12-14-26(36)15-13-23(4)20-42-33(39)27-11-9-10-16-35(27)32(38)31(34)37/h12,23-25,27-30H,1,9-11,13-20H2,2-8H3. The average Bonchev–Trinajstić information content (AvgIpc) is 2.99. The molecule has 0 aliphatic carbocycles. The maximum atomic E-state index is 14.3. The fourth-order valence-corrected chi connectivity index (χ4v) is 6.98. The Hall–Kier alpha value is -2.36. The zero-order chi connectivity index (χ0) is 31.9. The van der Waals surface area contributed by atoms with Crippen LogP contribution in [0, 0.1) is 17.8 Å². The summed E-state index contributed by atoms with van der Waals surface area (Å²) >= 11 is 0. The normalized spacial score (nSPS) is 36.2. The van der Waals surface area contributed by atoms with Gasteiger partial charge in [0.25, 0.3) is 11.7 Å². The van der Waals surface area contributed by atoms with E-state index in [1.807, 2.05) is 26.8 Å². The highest BCUT2D eigenvalue weighted by molar-refractivity contribution is 6.40. The van der Waals surface area contributed by atoms with Crippen LogP contribution in [0.5, 0.6) is 0 Å². The molecule has 3 aliphatic rings. The Balaban J connectivity index is 2.02. The minimum Gasteiger partial charge on any atom is -0.464 e. The lowest BCUT2D eigenvalue weighted by molar-refractivity contribution is -0.223. The fraction of sp³-hybridized carbons (Fsp3) is 0.765. The van der Waals surface area contributed by atoms with Gasteiger partial charge in [-0.05, 0) is 82.1 Å². The molecular weight excluding hydrogens is 550 g/mol. The molecule has 2 saturated heterocycles. The predicted octanol–water partition coefficient (Wildman–Crippen LogP) is 5.00. The van der Waals surface area contributed by atoms with Gasteiger partial charge in [-0.15, -0.1) is 0 Å². The highest BCUT2D eigenvalue weighted by atomic mass is 16.6. The Morgan fingerprint density at radius 1 is 1.00 bits per heavy atom. The van der Waals surface area contributed by atoms with Crippen molar-refractivity contribution >= 4 is 23.4 Å². The third-order valence-corrected chi connectivity index (χ3v) is 9.55. The molecule has 0 N–H and O–H groups in total. The summed E-state index contributed by atoms with van der Waals surface area (Å²) in [5, 5.41) is 0. The molecule has 0 aromatic rings. The van der Waals surface area contributed by atoms with Crippen LogP contribution >= 0.6 is 0 Å². The molecule has 242 valence electrons. The van der Waals surface area contributed by atoms with E-state index in [1.54, 1.807) is 21.1 Å². The van der Waals surface area contributed by atoms with Gasteiger partial charge in [-0.25, -0.2) is 4.79 Å². The van der Waals surface area contributed by atoms with Gasteiger partial charge in [0.15, 0.2) is 5.60 Å². The zero-order valence-electron chi connectivity index (χ0n) is 27.3. The van der Waals surface area contributed by atoms with Gasteiger partial charge in [0, 0.05) is 33.6 Å².